The number of rotatable bonds is 4. The number of nitrogens with zero attached hydrogens (tertiary/aromatic N) is 1. The van der Waals surface area contributed by atoms with Crippen LogP contribution in [0, 0.1) is 0 Å². The minimum absolute atomic E-state index is 0.0602. The molecule has 0 heterocycles. The number of ether oxygens (including phenoxy) is 1. The molecular weight excluding hydrogens is 240 g/mol. The first-order valence-corrected chi connectivity index (χ1v) is 5.68. The Balaban J connectivity index is 2.96. The van der Waals surface area contributed by atoms with Gasteiger partial charge in [0.1, 0.15) is 5.75 Å². The minimum atomic E-state index is 0.0602. The molecule has 1 aromatic rings. The van der Waals surface area contributed by atoms with E-state index in [1.54, 1.807) is 26.3 Å². The summed E-state index contributed by atoms with van der Waals surface area (Å²) in [5.41, 5.74) is 3.61. The topological polar surface area (TPSA) is 42.9 Å². The van der Waals surface area contributed by atoms with Crippen LogP contribution in [0.3, 0.4) is 0 Å². The zero-order valence-electron chi connectivity index (χ0n) is 10.5. The summed E-state index contributed by atoms with van der Waals surface area (Å²) in [5.74, 6) is 1.25. The molecule has 94 valence electrons. The molecule has 0 aliphatic heterocycles. The highest BCUT2D eigenvalue weighted by atomic mass is 35.5. The monoisotopic (exact) mass is 256 g/mol. The summed E-state index contributed by atoms with van der Waals surface area (Å²) in [6.45, 7) is 3.86. The van der Waals surface area contributed by atoms with Crippen molar-refractivity contribution >= 4 is 17.4 Å². The van der Waals surface area contributed by atoms with Gasteiger partial charge in [0.15, 0.2) is 5.84 Å². The molecule has 0 unspecified atom stereocenters. The lowest BCUT2D eigenvalue weighted by Crippen LogP contribution is -2.28. The highest BCUT2D eigenvalue weighted by Gasteiger charge is 2.10. The smallest absolute Gasteiger partial charge is 0.155 e. The van der Waals surface area contributed by atoms with Crippen LogP contribution >= 0.6 is 11.6 Å². The molecule has 4 nitrogen and oxygen atoms in total. The maximum atomic E-state index is 5.90. The summed E-state index contributed by atoms with van der Waals surface area (Å²) in [4.78, 5) is 9.44. The van der Waals surface area contributed by atoms with Gasteiger partial charge in [-0.15, -0.1) is 0 Å². The number of benzene rings is 1. The number of nitrogens with one attached hydrogen (secondary N) is 1. The average molecular weight is 257 g/mol. The van der Waals surface area contributed by atoms with Crippen LogP contribution < -0.4 is 10.2 Å². The van der Waals surface area contributed by atoms with Crippen molar-refractivity contribution in [2.45, 2.75) is 20.0 Å². The fourth-order valence-electron chi connectivity index (χ4n) is 1.26. The predicted molar refractivity (Wildman–Crippen MR) is 69.8 cm³/mol. The van der Waals surface area contributed by atoms with E-state index < -0.39 is 0 Å². The van der Waals surface area contributed by atoms with Crippen molar-refractivity contribution in [3.05, 3.63) is 28.8 Å². The summed E-state index contributed by atoms with van der Waals surface area (Å²) in [7, 11) is 3.27. The molecule has 17 heavy (non-hydrogen) atoms. The molecular formula is C12H17ClN2O2. The third kappa shape index (κ3) is 3.91. The summed E-state index contributed by atoms with van der Waals surface area (Å²) in [6.07, 6.45) is 0.0602. The van der Waals surface area contributed by atoms with Gasteiger partial charge >= 0.3 is 0 Å². The molecule has 0 amide bonds. The van der Waals surface area contributed by atoms with Crippen LogP contribution in [0.5, 0.6) is 5.75 Å². The Bertz CT molecular complexity index is 405. The molecule has 0 aromatic heterocycles. The molecule has 0 atom stereocenters. The van der Waals surface area contributed by atoms with Crippen LogP contribution in [-0.4, -0.2) is 26.1 Å². The zero-order chi connectivity index (χ0) is 12.8. The summed E-state index contributed by atoms with van der Waals surface area (Å²) < 4.78 is 5.25. The number of hydrogen-bond acceptors (Lipinski definition) is 3. The second-order valence-corrected chi connectivity index (χ2v) is 4.12. The molecule has 5 heteroatoms. The van der Waals surface area contributed by atoms with E-state index in [2.05, 4.69) is 10.5 Å². The standard InChI is InChI=1S/C12H17ClN2O2/c1-8(2)17-15-12(14-3)10-6-5-9(13)7-11(10)16-4/h5-8H,1-4H3,(H,14,15). The van der Waals surface area contributed by atoms with Crippen LogP contribution in [-0.2, 0) is 4.84 Å². The van der Waals surface area contributed by atoms with Gasteiger partial charge in [-0.05, 0) is 32.0 Å². The second-order valence-electron chi connectivity index (χ2n) is 3.69. The van der Waals surface area contributed by atoms with Crippen LogP contribution in [0.25, 0.3) is 0 Å². The first-order valence-electron chi connectivity index (χ1n) is 5.30. The van der Waals surface area contributed by atoms with Crippen molar-refractivity contribution in [1.82, 2.24) is 5.48 Å². The van der Waals surface area contributed by atoms with E-state index in [0.717, 1.165) is 5.56 Å². The Hall–Kier alpha value is -1.26. The maximum Gasteiger partial charge on any atom is 0.155 e. The molecule has 0 bridgehead atoms. The van der Waals surface area contributed by atoms with Crippen molar-refractivity contribution in [2.75, 3.05) is 14.2 Å². The summed E-state index contributed by atoms with van der Waals surface area (Å²) >= 11 is 5.90. The number of methoxy groups -OCH3 is 1. The molecule has 0 radical (unpaired) electrons. The molecule has 0 saturated heterocycles. The van der Waals surface area contributed by atoms with E-state index in [0.29, 0.717) is 16.6 Å². The molecule has 0 fully saturated rings. The number of aliphatic imine (C=N–C) groups is 1. The van der Waals surface area contributed by atoms with E-state index in [4.69, 9.17) is 21.2 Å². The third-order valence-electron chi connectivity index (χ3n) is 2.03. The lowest BCUT2D eigenvalue weighted by molar-refractivity contribution is 0.0334. The van der Waals surface area contributed by atoms with Crippen molar-refractivity contribution < 1.29 is 9.57 Å². The largest absolute Gasteiger partial charge is 0.496 e. The van der Waals surface area contributed by atoms with Crippen molar-refractivity contribution in [1.29, 1.82) is 0 Å². The van der Waals surface area contributed by atoms with Gasteiger partial charge in [0.05, 0.1) is 18.8 Å². The Labute approximate surface area is 107 Å². The molecule has 1 aromatic carbocycles. The quantitative estimate of drug-likeness (QED) is 0.512. The van der Waals surface area contributed by atoms with Crippen molar-refractivity contribution in [3.63, 3.8) is 0 Å². The first kappa shape index (κ1) is 13.8. The van der Waals surface area contributed by atoms with Gasteiger partial charge in [0.2, 0.25) is 0 Å². The van der Waals surface area contributed by atoms with Gasteiger partial charge in [0, 0.05) is 12.1 Å². The van der Waals surface area contributed by atoms with Gasteiger partial charge in [-0.2, -0.15) is 0 Å². The Morgan fingerprint density at radius 2 is 2.12 bits per heavy atom. The van der Waals surface area contributed by atoms with Crippen molar-refractivity contribution in [3.8, 4) is 5.75 Å². The number of amidine groups is 1. The van der Waals surface area contributed by atoms with Gasteiger partial charge in [-0.3, -0.25) is 9.83 Å². The third-order valence-corrected chi connectivity index (χ3v) is 2.27. The molecule has 0 spiro atoms. The number of halogens is 1. The van der Waals surface area contributed by atoms with Gasteiger partial charge in [-0.1, -0.05) is 11.6 Å². The Morgan fingerprint density at radius 3 is 2.65 bits per heavy atom. The lowest BCUT2D eigenvalue weighted by Gasteiger charge is -2.14. The Kier molecular flexibility index (Phi) is 5.25. The predicted octanol–water partition coefficient (Wildman–Crippen LogP) is 2.65. The maximum absolute atomic E-state index is 5.90. The SMILES string of the molecule is CN=C(NOC(C)C)c1ccc(Cl)cc1OC. The van der Waals surface area contributed by atoms with E-state index in [9.17, 15) is 0 Å². The molecule has 0 aliphatic rings. The molecule has 1 rings (SSSR count). The van der Waals surface area contributed by atoms with Gasteiger partial charge < -0.3 is 4.74 Å². The summed E-state index contributed by atoms with van der Waals surface area (Å²) in [6, 6.07) is 5.35. The highest BCUT2D eigenvalue weighted by Crippen LogP contribution is 2.23. The summed E-state index contributed by atoms with van der Waals surface area (Å²) in [5, 5.41) is 0.617. The molecule has 0 saturated carbocycles. The number of hydrogen-bond donors (Lipinski definition) is 1. The second kappa shape index (κ2) is 6.47. The molecule has 1 N–H and O–H groups in total. The fraction of sp³-hybridized carbons (Fsp3) is 0.417. The Morgan fingerprint density at radius 1 is 1.41 bits per heavy atom. The first-order chi connectivity index (χ1) is 8.08. The normalized spacial score (nSPS) is 11.8. The average Bonchev–Trinajstić information content (AvgIpc) is 2.30. The highest BCUT2D eigenvalue weighted by molar-refractivity contribution is 6.30. The van der Waals surface area contributed by atoms with Crippen molar-refractivity contribution in [2.24, 2.45) is 4.99 Å². The van der Waals surface area contributed by atoms with Crippen LogP contribution in [0.4, 0.5) is 0 Å². The zero-order valence-corrected chi connectivity index (χ0v) is 11.2. The lowest BCUT2D eigenvalue weighted by atomic mass is 10.2. The van der Waals surface area contributed by atoms with Gasteiger partial charge in [-0.25, -0.2) is 5.48 Å². The minimum Gasteiger partial charge on any atom is -0.496 e. The van der Waals surface area contributed by atoms with Crippen LogP contribution in [0.2, 0.25) is 5.02 Å². The van der Waals surface area contributed by atoms with Crippen LogP contribution in [0.15, 0.2) is 23.2 Å². The van der Waals surface area contributed by atoms with E-state index >= 15 is 0 Å². The fourth-order valence-corrected chi connectivity index (χ4v) is 1.42. The van der Waals surface area contributed by atoms with Gasteiger partial charge in [0.25, 0.3) is 0 Å². The van der Waals surface area contributed by atoms with E-state index in [1.807, 2.05) is 19.9 Å². The van der Waals surface area contributed by atoms with E-state index in [1.165, 1.54) is 0 Å². The van der Waals surface area contributed by atoms with E-state index in [-0.39, 0.29) is 6.10 Å². The van der Waals surface area contributed by atoms with Crippen LogP contribution in [0.1, 0.15) is 19.4 Å². The number of hydroxylamine groups is 1. The molecule has 0 aliphatic carbocycles.